The molecule has 0 fully saturated rings. The van der Waals surface area contributed by atoms with Crippen molar-refractivity contribution in [1.29, 1.82) is 0 Å². The van der Waals surface area contributed by atoms with Crippen molar-refractivity contribution >= 4 is 81.4 Å². The molecule has 0 aliphatic carbocycles. The Bertz CT molecular complexity index is 2560. The first-order chi connectivity index (χ1) is 21.6. The first kappa shape index (κ1) is 28.9. The molecule has 0 radical (unpaired) electrons. The minimum absolute atomic E-state index is 0.0208. The molecule has 11 heteroatoms. The van der Waals surface area contributed by atoms with E-state index in [1.165, 1.54) is 12.1 Å². The molecule has 0 saturated heterocycles. The van der Waals surface area contributed by atoms with Gasteiger partial charge in [-0.25, -0.2) is 0 Å². The van der Waals surface area contributed by atoms with Gasteiger partial charge in [-0.15, -0.1) is 0 Å². The fourth-order valence-electron chi connectivity index (χ4n) is 7.27. The summed E-state index contributed by atoms with van der Waals surface area (Å²) in [6.45, 7) is 7.02. The largest absolute Gasteiger partial charge is 0.507 e. The van der Waals surface area contributed by atoms with Crippen molar-refractivity contribution in [3.8, 4) is 34.5 Å². The Labute approximate surface area is 257 Å². The molecule has 0 amide bonds. The number of fused-ring (bicyclic) bond motifs is 2. The Morgan fingerprint density at radius 1 is 0.522 bits per heavy atom. The molecule has 232 valence electrons. The quantitative estimate of drug-likeness (QED) is 0.0933. The lowest BCUT2D eigenvalue weighted by Gasteiger charge is -2.25. The predicted octanol–water partition coefficient (Wildman–Crippen LogP) is 5.14. The van der Waals surface area contributed by atoms with Crippen LogP contribution in [0.25, 0.3) is 75.4 Å². The van der Waals surface area contributed by atoms with E-state index in [0.717, 1.165) is 12.1 Å². The first-order valence-corrected chi connectivity index (χ1v) is 14.3. The van der Waals surface area contributed by atoms with Crippen LogP contribution in [0.3, 0.4) is 0 Å². The third-order valence-electron chi connectivity index (χ3n) is 9.25. The number of hydrogen-bond donors (Lipinski definition) is 8. The monoisotopic (exact) mass is 621 g/mol. The molecule has 0 aliphatic heterocycles. The maximum Gasteiger partial charge on any atom is 0.320 e. The highest BCUT2D eigenvalue weighted by molar-refractivity contribution is 6.51. The molecule has 1 atom stereocenters. The van der Waals surface area contributed by atoms with Crippen molar-refractivity contribution in [1.82, 2.24) is 0 Å². The molecule has 0 aliphatic rings. The zero-order valence-electron chi connectivity index (χ0n) is 24.9. The summed E-state index contributed by atoms with van der Waals surface area (Å²) in [5.41, 5.74) is 5.33. The second kappa shape index (κ2) is 9.11. The van der Waals surface area contributed by atoms with Gasteiger partial charge in [0, 0.05) is 55.2 Å². The van der Waals surface area contributed by atoms with Gasteiger partial charge in [-0.1, -0.05) is 13.8 Å². The SMILES string of the molecule is CC(C)[C@H](N)C(=O)O.Cc1cc(=O)c2c(O)c3c(O)cc(O)c4c5c(O)cc(O)c6c(O)c7c(=O)cc(C)c8c1c2c(c34)c(c65)c78. The zero-order valence-corrected chi connectivity index (χ0v) is 24.9. The molecular formula is C35H27NO10. The van der Waals surface area contributed by atoms with Gasteiger partial charge in [-0.2, -0.15) is 0 Å². The number of aryl methyl sites for hydroxylation is 2. The van der Waals surface area contributed by atoms with Crippen LogP contribution in [0.1, 0.15) is 25.0 Å². The molecular weight excluding hydrogens is 594 g/mol. The number of carbonyl (C=O) groups is 1. The van der Waals surface area contributed by atoms with Crippen LogP contribution in [0.5, 0.6) is 34.5 Å². The van der Waals surface area contributed by atoms with E-state index in [9.17, 15) is 45.0 Å². The van der Waals surface area contributed by atoms with Gasteiger partial charge in [0.1, 0.15) is 40.5 Å². The highest BCUT2D eigenvalue weighted by atomic mass is 16.4. The number of phenolic OH excluding ortho intramolecular Hbond substituents is 6. The topological polar surface area (TPSA) is 219 Å². The van der Waals surface area contributed by atoms with E-state index in [4.69, 9.17) is 10.8 Å². The van der Waals surface area contributed by atoms with E-state index in [0.29, 0.717) is 43.4 Å². The van der Waals surface area contributed by atoms with E-state index in [2.05, 4.69) is 0 Å². The van der Waals surface area contributed by atoms with Crippen LogP contribution in [0.2, 0.25) is 0 Å². The van der Waals surface area contributed by atoms with Gasteiger partial charge in [0.05, 0.1) is 21.5 Å². The first-order valence-electron chi connectivity index (χ1n) is 14.3. The van der Waals surface area contributed by atoms with Crippen LogP contribution in [-0.4, -0.2) is 47.8 Å². The van der Waals surface area contributed by atoms with Crippen molar-refractivity contribution in [2.75, 3.05) is 0 Å². The molecule has 0 saturated carbocycles. The van der Waals surface area contributed by atoms with Crippen LogP contribution >= 0.6 is 0 Å². The second-order valence-electron chi connectivity index (χ2n) is 12.3. The summed E-state index contributed by atoms with van der Waals surface area (Å²) in [7, 11) is 0. The molecule has 9 N–H and O–H groups in total. The van der Waals surface area contributed by atoms with Crippen molar-refractivity contribution in [3.05, 3.63) is 55.8 Å². The van der Waals surface area contributed by atoms with Gasteiger partial charge in [0.2, 0.25) is 0 Å². The molecule has 8 aromatic carbocycles. The fourth-order valence-corrected chi connectivity index (χ4v) is 7.27. The third-order valence-corrected chi connectivity index (χ3v) is 9.25. The third kappa shape index (κ3) is 3.32. The number of carboxylic acids is 1. The Kier molecular flexibility index (Phi) is 5.73. The van der Waals surface area contributed by atoms with Gasteiger partial charge in [-0.3, -0.25) is 14.4 Å². The lowest BCUT2D eigenvalue weighted by atomic mass is 9.78. The van der Waals surface area contributed by atoms with Gasteiger partial charge >= 0.3 is 5.97 Å². The second-order valence-corrected chi connectivity index (χ2v) is 12.3. The number of nitrogens with two attached hydrogens (primary N) is 1. The van der Waals surface area contributed by atoms with Crippen molar-refractivity contribution in [3.63, 3.8) is 0 Å². The van der Waals surface area contributed by atoms with Gasteiger partial charge in [0.15, 0.2) is 10.9 Å². The minimum Gasteiger partial charge on any atom is -0.507 e. The standard InChI is InChI=1S/C30H16O8.C5H11NO2/c1-7-3-9(31)19-23-15(7)16-8(2)4-10(32)20-24(16)28-26-18(12(34)6-14(36)22(26)30(20)38)17-11(33)5-13(35)21(29(19)37)25(17)27(23)28;1-3(2)4(6)5(7)8/h3-6,33-38H,1-2H3;3-4H,6H2,1-2H3,(H,7,8)/t;4-/m.0/s1. The number of carboxylic acid groups (broad SMARTS) is 1. The summed E-state index contributed by atoms with van der Waals surface area (Å²) < 4.78 is 0. The molecule has 0 aromatic heterocycles. The lowest BCUT2D eigenvalue weighted by molar-refractivity contribution is -0.139. The highest BCUT2D eigenvalue weighted by Gasteiger charge is 2.33. The molecule has 0 heterocycles. The van der Waals surface area contributed by atoms with Crippen LogP contribution in [0.4, 0.5) is 0 Å². The molecule has 11 nitrogen and oxygen atoms in total. The van der Waals surface area contributed by atoms with Gasteiger partial charge in [0.25, 0.3) is 0 Å². The molecule has 0 unspecified atom stereocenters. The van der Waals surface area contributed by atoms with E-state index in [1.54, 1.807) is 27.7 Å². The smallest absolute Gasteiger partial charge is 0.320 e. The zero-order chi connectivity index (χ0) is 33.4. The molecule has 0 bridgehead atoms. The van der Waals surface area contributed by atoms with E-state index < -0.39 is 57.4 Å². The normalized spacial score (nSPS) is 13.0. The summed E-state index contributed by atoms with van der Waals surface area (Å²) in [6, 6.07) is 4.06. The average Bonchev–Trinajstić information content (AvgIpc) is 2.95. The molecule has 8 aromatic rings. The summed E-state index contributed by atoms with van der Waals surface area (Å²) in [6.07, 6.45) is 0. The van der Waals surface area contributed by atoms with Gasteiger partial charge in [-0.05, 0) is 53.8 Å². The van der Waals surface area contributed by atoms with E-state index >= 15 is 0 Å². The number of hydrogen-bond acceptors (Lipinski definition) is 10. The van der Waals surface area contributed by atoms with Crippen LogP contribution in [0.15, 0.2) is 33.9 Å². The van der Waals surface area contributed by atoms with Crippen molar-refractivity contribution in [2.24, 2.45) is 11.7 Å². The minimum atomic E-state index is -0.931. The molecule has 0 spiro atoms. The summed E-state index contributed by atoms with van der Waals surface area (Å²) in [4.78, 5) is 36.7. The number of phenols is 6. The summed E-state index contributed by atoms with van der Waals surface area (Å²) >= 11 is 0. The van der Waals surface area contributed by atoms with Crippen LogP contribution in [-0.2, 0) is 4.79 Å². The predicted molar refractivity (Wildman–Crippen MR) is 176 cm³/mol. The average molecular weight is 622 g/mol. The van der Waals surface area contributed by atoms with Crippen molar-refractivity contribution in [2.45, 2.75) is 33.7 Å². The maximum absolute atomic E-state index is 13.4. The molecule has 8 rings (SSSR count). The fraction of sp³-hybridized carbons (Fsp3) is 0.171. The Balaban J connectivity index is 0.000000378. The van der Waals surface area contributed by atoms with Crippen molar-refractivity contribution < 1.29 is 40.5 Å². The van der Waals surface area contributed by atoms with Crippen LogP contribution < -0.4 is 16.6 Å². The van der Waals surface area contributed by atoms with Gasteiger partial charge < -0.3 is 41.5 Å². The summed E-state index contributed by atoms with van der Waals surface area (Å²) in [5.74, 6) is -3.66. The van der Waals surface area contributed by atoms with E-state index in [1.807, 2.05) is 0 Å². The lowest BCUT2D eigenvalue weighted by Crippen LogP contribution is -2.34. The number of benzene rings is 8. The number of rotatable bonds is 2. The number of aliphatic carboxylic acids is 1. The Hall–Kier alpha value is -5.81. The molecule has 46 heavy (non-hydrogen) atoms. The Morgan fingerprint density at radius 3 is 1.13 bits per heavy atom. The maximum atomic E-state index is 13.4. The highest BCUT2D eigenvalue weighted by Crippen LogP contribution is 2.60. The Morgan fingerprint density at radius 2 is 0.826 bits per heavy atom. The van der Waals surface area contributed by atoms with Crippen LogP contribution in [0, 0.1) is 19.8 Å². The van der Waals surface area contributed by atoms with E-state index in [-0.39, 0.29) is 49.0 Å². The summed E-state index contributed by atoms with van der Waals surface area (Å²) in [5, 5.41) is 77.9. The number of aromatic hydroxyl groups is 6.